The topological polar surface area (TPSA) is 60.2 Å². The lowest BCUT2D eigenvalue weighted by Crippen LogP contribution is -2.60. The number of rotatable bonds is 3. The normalized spacial score (nSPS) is 18.1. The van der Waals surface area contributed by atoms with Crippen LogP contribution in [0.5, 0.6) is 0 Å². The highest BCUT2D eigenvalue weighted by Gasteiger charge is 2.43. The van der Waals surface area contributed by atoms with Crippen LogP contribution >= 0.6 is 0 Å². The third-order valence-electron chi connectivity index (χ3n) is 6.38. The number of aryl methyl sites for hydroxylation is 1. The Kier molecular flexibility index (Phi) is 4.32. The van der Waals surface area contributed by atoms with Crippen LogP contribution < -0.4 is 15.5 Å². The van der Waals surface area contributed by atoms with E-state index < -0.39 is 0 Å². The first-order valence-corrected chi connectivity index (χ1v) is 10.2. The van der Waals surface area contributed by atoms with E-state index in [0.717, 1.165) is 43.1 Å². The van der Waals surface area contributed by atoms with Crippen LogP contribution in [0, 0.1) is 18.2 Å². The fraction of sp³-hybridized carbons (Fsp3) is 0.348. The van der Waals surface area contributed by atoms with Gasteiger partial charge in [-0.15, -0.1) is 0 Å². The van der Waals surface area contributed by atoms with E-state index in [0.29, 0.717) is 22.0 Å². The van der Waals surface area contributed by atoms with Gasteiger partial charge in [-0.2, -0.15) is 0 Å². The number of carbonyl (C=O) groups excluding carboxylic acids is 1. The summed E-state index contributed by atoms with van der Waals surface area (Å²) in [6, 6.07) is 12.7. The maximum Gasteiger partial charge on any atom is 0.272 e. The number of anilines is 2. The van der Waals surface area contributed by atoms with Gasteiger partial charge in [0.2, 0.25) is 0 Å². The number of hydrogen-bond donors (Lipinski definition) is 3. The van der Waals surface area contributed by atoms with Crippen molar-refractivity contribution >= 4 is 28.2 Å². The minimum atomic E-state index is -0.326. The summed E-state index contributed by atoms with van der Waals surface area (Å²) in [6.45, 7) is 6.26. The van der Waals surface area contributed by atoms with Crippen LogP contribution in [0.1, 0.15) is 28.9 Å². The monoisotopic (exact) mass is 392 g/mol. The largest absolute Gasteiger partial charge is 0.370 e. The van der Waals surface area contributed by atoms with E-state index >= 15 is 0 Å². The molecule has 2 saturated heterocycles. The van der Waals surface area contributed by atoms with Crippen molar-refractivity contribution in [1.29, 1.82) is 0 Å². The predicted molar refractivity (Wildman–Crippen MR) is 114 cm³/mol. The summed E-state index contributed by atoms with van der Waals surface area (Å²) in [5.74, 6) is -0.594. The Morgan fingerprint density at radius 3 is 2.69 bits per heavy atom. The van der Waals surface area contributed by atoms with Crippen molar-refractivity contribution in [1.82, 2.24) is 10.3 Å². The average molecular weight is 392 g/mol. The second-order valence-electron chi connectivity index (χ2n) is 8.45. The summed E-state index contributed by atoms with van der Waals surface area (Å²) < 4.78 is 14.0. The number of H-pyrrole nitrogens is 1. The molecule has 3 N–H and O–H groups in total. The zero-order valence-electron chi connectivity index (χ0n) is 16.5. The Labute approximate surface area is 169 Å². The molecule has 0 atom stereocenters. The van der Waals surface area contributed by atoms with E-state index in [-0.39, 0.29) is 11.7 Å². The molecule has 2 fully saturated rings. The number of amides is 1. The third kappa shape index (κ3) is 3.27. The summed E-state index contributed by atoms with van der Waals surface area (Å²) in [7, 11) is 0. The Hall–Kier alpha value is -2.86. The fourth-order valence-corrected chi connectivity index (χ4v) is 4.65. The number of hydrogen-bond acceptors (Lipinski definition) is 3. The van der Waals surface area contributed by atoms with Crippen molar-refractivity contribution in [2.24, 2.45) is 5.41 Å². The summed E-state index contributed by atoms with van der Waals surface area (Å²) >= 11 is 0. The Bertz CT molecular complexity index is 1040. The van der Waals surface area contributed by atoms with Crippen LogP contribution in [-0.4, -0.2) is 37.1 Å². The second-order valence-corrected chi connectivity index (χ2v) is 8.45. The van der Waals surface area contributed by atoms with Crippen LogP contribution in [0.2, 0.25) is 0 Å². The third-order valence-corrected chi connectivity index (χ3v) is 6.38. The van der Waals surface area contributed by atoms with E-state index in [4.69, 9.17) is 0 Å². The molecule has 150 valence electrons. The minimum absolute atomic E-state index is 0.268. The fourth-order valence-electron chi connectivity index (χ4n) is 4.65. The summed E-state index contributed by atoms with van der Waals surface area (Å²) in [6.07, 6.45) is 2.46. The molecular formula is C23H25FN4O. The van der Waals surface area contributed by atoms with Gasteiger partial charge in [0.1, 0.15) is 11.5 Å². The average Bonchev–Trinajstić information content (AvgIpc) is 3.17. The van der Waals surface area contributed by atoms with E-state index in [1.54, 1.807) is 12.1 Å². The van der Waals surface area contributed by atoms with Gasteiger partial charge in [-0.05, 0) is 68.8 Å². The number of carbonyl (C=O) groups is 1. The van der Waals surface area contributed by atoms with Gasteiger partial charge in [0.25, 0.3) is 5.91 Å². The van der Waals surface area contributed by atoms with Gasteiger partial charge >= 0.3 is 0 Å². The lowest BCUT2D eigenvalue weighted by atomic mass is 9.72. The number of nitrogens with one attached hydrogen (secondary N) is 3. The lowest BCUT2D eigenvalue weighted by Gasteiger charge is -2.53. The number of aromatic nitrogens is 1. The Morgan fingerprint density at radius 2 is 1.93 bits per heavy atom. The molecule has 0 unspecified atom stereocenters. The maximum atomic E-state index is 14.0. The number of fused-ring (bicyclic) bond motifs is 1. The number of nitrogens with zero attached hydrogens (tertiary/aromatic N) is 1. The van der Waals surface area contributed by atoms with Gasteiger partial charge in [0.05, 0.1) is 5.52 Å². The molecule has 0 radical (unpaired) electrons. The zero-order chi connectivity index (χ0) is 20.0. The molecule has 2 aromatic carbocycles. The minimum Gasteiger partial charge on any atom is -0.370 e. The number of piperidine rings is 1. The molecule has 1 amide bonds. The molecule has 0 saturated carbocycles. The molecule has 2 aliphatic heterocycles. The smallest absolute Gasteiger partial charge is 0.272 e. The first-order valence-electron chi connectivity index (χ1n) is 10.2. The summed E-state index contributed by atoms with van der Waals surface area (Å²) in [4.78, 5) is 18.2. The van der Waals surface area contributed by atoms with Gasteiger partial charge in [0.15, 0.2) is 0 Å². The van der Waals surface area contributed by atoms with Crippen LogP contribution in [0.25, 0.3) is 10.9 Å². The van der Waals surface area contributed by atoms with Crippen molar-refractivity contribution < 1.29 is 9.18 Å². The SMILES string of the molecule is Cc1ccc(F)c2cc(C(=O)Nc3cccc(N4CC5(CCNCC5)C4)c3)[nH]c12. The molecule has 1 spiro atoms. The molecule has 29 heavy (non-hydrogen) atoms. The van der Waals surface area contributed by atoms with E-state index in [9.17, 15) is 9.18 Å². The van der Waals surface area contributed by atoms with Crippen molar-refractivity contribution in [3.63, 3.8) is 0 Å². The molecule has 5 rings (SSSR count). The maximum absolute atomic E-state index is 14.0. The van der Waals surface area contributed by atoms with Gasteiger partial charge in [0, 0.05) is 35.3 Å². The molecule has 3 aromatic rings. The van der Waals surface area contributed by atoms with E-state index in [2.05, 4.69) is 26.6 Å². The summed E-state index contributed by atoms with van der Waals surface area (Å²) in [5.41, 5.74) is 4.26. The molecule has 6 heteroatoms. The van der Waals surface area contributed by atoms with Gasteiger partial charge < -0.3 is 20.5 Å². The van der Waals surface area contributed by atoms with Crippen LogP contribution in [-0.2, 0) is 0 Å². The van der Waals surface area contributed by atoms with Crippen molar-refractivity contribution in [2.75, 3.05) is 36.4 Å². The highest BCUT2D eigenvalue weighted by molar-refractivity contribution is 6.06. The molecule has 3 heterocycles. The number of halogens is 1. The number of benzene rings is 2. The Balaban J connectivity index is 1.31. The van der Waals surface area contributed by atoms with Gasteiger partial charge in [-0.25, -0.2) is 4.39 Å². The molecular weight excluding hydrogens is 367 g/mol. The van der Waals surface area contributed by atoms with Gasteiger partial charge in [-0.1, -0.05) is 12.1 Å². The molecule has 0 aliphatic carbocycles. The Morgan fingerprint density at radius 1 is 1.14 bits per heavy atom. The summed E-state index contributed by atoms with van der Waals surface area (Å²) in [5, 5.41) is 6.82. The van der Waals surface area contributed by atoms with E-state index in [1.165, 1.54) is 18.9 Å². The zero-order valence-corrected chi connectivity index (χ0v) is 16.5. The van der Waals surface area contributed by atoms with Gasteiger partial charge in [-0.3, -0.25) is 4.79 Å². The molecule has 5 nitrogen and oxygen atoms in total. The van der Waals surface area contributed by atoms with Crippen molar-refractivity contribution in [3.8, 4) is 0 Å². The predicted octanol–water partition coefficient (Wildman–Crippen LogP) is 4.06. The second kappa shape index (κ2) is 6.88. The first kappa shape index (κ1) is 18.2. The standard InChI is InChI=1S/C23H25FN4O/c1-15-5-6-19(24)18-12-20(27-21(15)18)22(29)26-16-3-2-4-17(11-16)28-13-23(14-28)7-9-25-10-8-23/h2-6,11-12,25,27H,7-10,13-14H2,1H3,(H,26,29). The van der Waals surface area contributed by atoms with Crippen LogP contribution in [0.15, 0.2) is 42.5 Å². The highest BCUT2D eigenvalue weighted by Crippen LogP contribution is 2.41. The number of aromatic amines is 1. The van der Waals surface area contributed by atoms with Crippen molar-refractivity contribution in [2.45, 2.75) is 19.8 Å². The highest BCUT2D eigenvalue weighted by atomic mass is 19.1. The van der Waals surface area contributed by atoms with Crippen LogP contribution in [0.3, 0.4) is 0 Å². The van der Waals surface area contributed by atoms with E-state index in [1.807, 2.05) is 25.1 Å². The molecule has 2 aliphatic rings. The molecule has 1 aromatic heterocycles. The van der Waals surface area contributed by atoms with Crippen molar-refractivity contribution in [3.05, 3.63) is 59.5 Å². The quantitative estimate of drug-likeness (QED) is 0.630. The van der Waals surface area contributed by atoms with Crippen LogP contribution in [0.4, 0.5) is 15.8 Å². The molecule has 0 bridgehead atoms. The lowest BCUT2D eigenvalue weighted by molar-refractivity contribution is 0.102. The first-order chi connectivity index (χ1) is 14.0.